The van der Waals surface area contributed by atoms with Crippen LogP contribution in [0.1, 0.15) is 23.6 Å². The van der Waals surface area contributed by atoms with Gasteiger partial charge in [0.2, 0.25) is 12.7 Å². The van der Waals surface area contributed by atoms with Gasteiger partial charge in [0.05, 0.1) is 17.1 Å². The summed E-state index contributed by atoms with van der Waals surface area (Å²) in [6, 6.07) is 15.7. The summed E-state index contributed by atoms with van der Waals surface area (Å²) in [5.41, 5.74) is 2.96. The molecule has 1 N–H and O–H groups in total. The van der Waals surface area contributed by atoms with Gasteiger partial charge in [-0.25, -0.2) is 9.97 Å². The summed E-state index contributed by atoms with van der Waals surface area (Å²) in [5, 5.41) is 12.8. The lowest BCUT2D eigenvalue weighted by Crippen LogP contribution is -2.47. The van der Waals surface area contributed by atoms with Gasteiger partial charge in [0.25, 0.3) is 0 Å². The van der Waals surface area contributed by atoms with Crippen molar-refractivity contribution in [2.75, 3.05) is 58.1 Å². The van der Waals surface area contributed by atoms with Crippen molar-refractivity contribution in [2.24, 2.45) is 0 Å². The summed E-state index contributed by atoms with van der Waals surface area (Å²) in [5.74, 6) is 0.744. The average molecular weight is 503 g/mol. The van der Waals surface area contributed by atoms with Crippen LogP contribution in [0, 0.1) is 11.3 Å². The highest BCUT2D eigenvalue weighted by atomic mass is 16.7. The van der Waals surface area contributed by atoms with Gasteiger partial charge in [0.15, 0.2) is 23.2 Å². The monoisotopic (exact) mass is 502 g/mol. The minimum Gasteiger partial charge on any atom is -0.454 e. The standard InChI is InChI=1S/C27H30N6O4/c1-35-14-4-9-29-27(34)20(16-28)25-26(31-22-6-3-2-5-21(22)30-25)33-12-10-32(11-13-33)17-19-7-8-23-24(15-19)37-18-36-23/h2-3,5-8,15,20H,4,9-14,17-18H2,1H3,(H,29,34). The highest BCUT2D eigenvalue weighted by Crippen LogP contribution is 2.33. The fraction of sp³-hybridized carbons (Fsp3) is 0.407. The number of hydrogen-bond acceptors (Lipinski definition) is 9. The molecule has 1 atom stereocenters. The number of carbonyl (C=O) groups is 1. The minimum atomic E-state index is -1.05. The van der Waals surface area contributed by atoms with Crippen molar-refractivity contribution < 1.29 is 19.0 Å². The summed E-state index contributed by atoms with van der Waals surface area (Å²) in [7, 11) is 1.62. The lowest BCUT2D eigenvalue weighted by Gasteiger charge is -2.36. The van der Waals surface area contributed by atoms with Crippen LogP contribution >= 0.6 is 0 Å². The second kappa shape index (κ2) is 11.4. The zero-order valence-corrected chi connectivity index (χ0v) is 20.9. The number of carbonyl (C=O) groups excluding carboxylic acids is 1. The number of piperazine rings is 1. The molecule has 0 bridgehead atoms. The average Bonchev–Trinajstić information content (AvgIpc) is 3.40. The van der Waals surface area contributed by atoms with Crippen LogP contribution in [-0.2, 0) is 16.1 Å². The number of hydrogen-bond donors (Lipinski definition) is 1. The predicted molar refractivity (Wildman–Crippen MR) is 137 cm³/mol. The number of rotatable bonds is 9. The van der Waals surface area contributed by atoms with Crippen LogP contribution in [0.3, 0.4) is 0 Å². The first-order valence-corrected chi connectivity index (χ1v) is 12.4. The van der Waals surface area contributed by atoms with Crippen LogP contribution in [-0.4, -0.2) is 74.0 Å². The van der Waals surface area contributed by atoms with E-state index in [1.54, 1.807) is 7.11 Å². The predicted octanol–water partition coefficient (Wildman–Crippen LogP) is 2.44. The number of methoxy groups -OCH3 is 1. The van der Waals surface area contributed by atoms with Crippen LogP contribution in [0.25, 0.3) is 11.0 Å². The molecule has 3 aromatic rings. The van der Waals surface area contributed by atoms with Gasteiger partial charge in [-0.3, -0.25) is 9.69 Å². The maximum absolute atomic E-state index is 13.0. The lowest BCUT2D eigenvalue weighted by atomic mass is 10.0. The molecule has 0 radical (unpaired) electrons. The number of nitrogens with one attached hydrogen (secondary N) is 1. The summed E-state index contributed by atoms with van der Waals surface area (Å²) < 4.78 is 16.0. The van der Waals surface area contributed by atoms with E-state index in [0.717, 1.165) is 36.6 Å². The number of fused-ring (bicyclic) bond motifs is 2. The molecule has 2 aromatic carbocycles. The number of ether oxygens (including phenoxy) is 3. The van der Waals surface area contributed by atoms with Gasteiger partial charge in [0.1, 0.15) is 5.69 Å². The first-order valence-electron chi connectivity index (χ1n) is 12.4. The quantitative estimate of drug-likeness (QED) is 0.441. The molecule has 3 heterocycles. The summed E-state index contributed by atoms with van der Waals surface area (Å²) >= 11 is 0. The van der Waals surface area contributed by atoms with Crippen molar-refractivity contribution in [3.05, 3.63) is 53.7 Å². The number of anilines is 1. The van der Waals surface area contributed by atoms with Gasteiger partial charge >= 0.3 is 0 Å². The zero-order valence-electron chi connectivity index (χ0n) is 20.9. The highest BCUT2D eigenvalue weighted by molar-refractivity contribution is 5.88. The first-order chi connectivity index (χ1) is 18.2. The van der Waals surface area contributed by atoms with Gasteiger partial charge < -0.3 is 24.4 Å². The topological polar surface area (TPSA) is 113 Å². The molecule has 37 heavy (non-hydrogen) atoms. The van der Waals surface area contributed by atoms with E-state index in [-0.39, 0.29) is 12.7 Å². The van der Waals surface area contributed by atoms with E-state index < -0.39 is 5.92 Å². The van der Waals surface area contributed by atoms with Gasteiger partial charge in [-0.1, -0.05) is 18.2 Å². The third-order valence-electron chi connectivity index (χ3n) is 6.58. The molecular formula is C27H30N6O4. The first kappa shape index (κ1) is 24.7. The second-order valence-electron chi connectivity index (χ2n) is 9.07. The van der Waals surface area contributed by atoms with E-state index in [2.05, 4.69) is 27.3 Å². The number of amides is 1. The number of nitriles is 1. The molecule has 192 valence electrons. The van der Waals surface area contributed by atoms with Gasteiger partial charge in [-0.05, 0) is 36.2 Å². The Kier molecular flexibility index (Phi) is 7.63. The van der Waals surface area contributed by atoms with E-state index in [9.17, 15) is 10.1 Å². The molecule has 1 saturated heterocycles. The molecule has 10 nitrogen and oxygen atoms in total. The van der Waals surface area contributed by atoms with Crippen LogP contribution in [0.15, 0.2) is 42.5 Å². The Morgan fingerprint density at radius 3 is 2.62 bits per heavy atom. The summed E-state index contributed by atoms with van der Waals surface area (Å²) in [6.07, 6.45) is 0.669. The Morgan fingerprint density at radius 2 is 1.86 bits per heavy atom. The van der Waals surface area contributed by atoms with Crippen molar-refractivity contribution >= 4 is 22.8 Å². The number of para-hydroxylation sites is 2. The van der Waals surface area contributed by atoms with Gasteiger partial charge in [-0.15, -0.1) is 0 Å². The Balaban J connectivity index is 1.33. The van der Waals surface area contributed by atoms with Crippen LogP contribution in [0.2, 0.25) is 0 Å². The Labute approximate surface area is 215 Å². The normalized spacial score (nSPS) is 15.9. The molecule has 2 aliphatic rings. The molecule has 1 aromatic heterocycles. The molecule has 1 unspecified atom stereocenters. The summed E-state index contributed by atoms with van der Waals surface area (Å²) in [6.45, 7) is 5.06. The number of benzene rings is 2. The molecule has 1 fully saturated rings. The Hall–Kier alpha value is -3.94. The largest absolute Gasteiger partial charge is 0.454 e. The van der Waals surface area contributed by atoms with Crippen LogP contribution in [0.4, 0.5) is 5.82 Å². The fourth-order valence-electron chi connectivity index (χ4n) is 4.62. The van der Waals surface area contributed by atoms with E-state index in [1.165, 1.54) is 5.56 Å². The van der Waals surface area contributed by atoms with Crippen molar-refractivity contribution in [1.82, 2.24) is 20.2 Å². The van der Waals surface area contributed by atoms with Gasteiger partial charge in [-0.2, -0.15) is 5.26 Å². The van der Waals surface area contributed by atoms with E-state index >= 15 is 0 Å². The SMILES string of the molecule is COCCCNC(=O)C(C#N)c1nc2ccccc2nc1N1CCN(Cc2ccc3c(c2)OCO3)CC1. The maximum Gasteiger partial charge on any atom is 0.243 e. The third-order valence-corrected chi connectivity index (χ3v) is 6.58. The molecule has 0 saturated carbocycles. The maximum atomic E-state index is 13.0. The van der Waals surface area contributed by atoms with E-state index in [4.69, 9.17) is 24.2 Å². The fourth-order valence-corrected chi connectivity index (χ4v) is 4.62. The molecule has 0 aliphatic carbocycles. The zero-order chi connectivity index (χ0) is 25.6. The molecule has 10 heteroatoms. The number of aromatic nitrogens is 2. The lowest BCUT2D eigenvalue weighted by molar-refractivity contribution is -0.121. The van der Waals surface area contributed by atoms with Crippen LogP contribution in [0.5, 0.6) is 11.5 Å². The molecule has 1 amide bonds. The van der Waals surface area contributed by atoms with Crippen molar-refractivity contribution in [1.29, 1.82) is 5.26 Å². The molecular weight excluding hydrogens is 472 g/mol. The summed E-state index contributed by atoms with van der Waals surface area (Å²) in [4.78, 5) is 27.1. The van der Waals surface area contributed by atoms with Crippen molar-refractivity contribution in [2.45, 2.75) is 18.9 Å². The van der Waals surface area contributed by atoms with Crippen LogP contribution < -0.4 is 19.7 Å². The highest BCUT2D eigenvalue weighted by Gasteiger charge is 2.30. The molecule has 0 spiro atoms. The minimum absolute atomic E-state index is 0.265. The Morgan fingerprint density at radius 1 is 1.11 bits per heavy atom. The second-order valence-corrected chi connectivity index (χ2v) is 9.07. The Bertz CT molecular complexity index is 1300. The third kappa shape index (κ3) is 5.58. The van der Waals surface area contributed by atoms with Crippen molar-refractivity contribution in [3.8, 4) is 17.6 Å². The van der Waals surface area contributed by atoms with Crippen molar-refractivity contribution in [3.63, 3.8) is 0 Å². The molecule has 5 rings (SSSR count). The number of nitrogens with zero attached hydrogens (tertiary/aromatic N) is 5. The van der Waals surface area contributed by atoms with Gasteiger partial charge in [0, 0.05) is 53.0 Å². The molecule has 2 aliphatic heterocycles. The smallest absolute Gasteiger partial charge is 0.243 e. The van der Waals surface area contributed by atoms with E-state index in [1.807, 2.05) is 36.4 Å². The van der Waals surface area contributed by atoms with E-state index in [0.29, 0.717) is 49.7 Å².